The minimum Gasteiger partial charge on any atom is -0.295 e. The van der Waals surface area contributed by atoms with Gasteiger partial charge < -0.3 is 0 Å². The van der Waals surface area contributed by atoms with Gasteiger partial charge in [0.15, 0.2) is 5.78 Å². The van der Waals surface area contributed by atoms with Crippen LogP contribution in [-0.4, -0.2) is 5.78 Å². The number of Topliss-reactive ketones (excluding diaryl/α,β-unsaturated/α-hetero) is 1. The average Bonchev–Trinajstić information content (AvgIpc) is 2.57. The summed E-state index contributed by atoms with van der Waals surface area (Å²) in [6, 6.07) is 14.3. The summed E-state index contributed by atoms with van der Waals surface area (Å²) in [5.74, 6) is -0.356. The quantitative estimate of drug-likeness (QED) is 0.648. The molecule has 0 aliphatic carbocycles. The normalized spacial score (nSPS) is 9.00. The highest BCUT2D eigenvalue weighted by Gasteiger charge is 1.96. The monoisotopic (exact) mass is 302 g/mol. The molecule has 0 bridgehead atoms. The summed E-state index contributed by atoms with van der Waals surface area (Å²) in [6.45, 7) is 9.81. The van der Waals surface area contributed by atoms with Gasteiger partial charge >= 0.3 is 0 Å². The van der Waals surface area contributed by atoms with E-state index in [1.807, 2.05) is 13.8 Å². The van der Waals surface area contributed by atoms with Gasteiger partial charge in [0.05, 0.1) is 0 Å². The number of carbonyl (C=O) groups is 1. The molecule has 0 saturated heterocycles. The number of rotatable bonds is 3. The highest BCUT2D eigenvalue weighted by molar-refractivity contribution is 5.93. The summed E-state index contributed by atoms with van der Waals surface area (Å²) in [5, 5.41) is 0. The lowest BCUT2D eigenvalue weighted by Gasteiger charge is -1.97. The second kappa shape index (κ2) is 11.7. The standard InChI is InChI=1S/C10H14.C8H7FO.C2H6/c1-3-9-5-7-10(4-2)8-6-9;1-6(10)7-2-4-8(9)5-3-7;1-2/h5-8H,3-4H2,1-2H3;2-5H,1H3;1-2H3. The summed E-state index contributed by atoms with van der Waals surface area (Å²) < 4.78 is 12.2. The zero-order valence-corrected chi connectivity index (χ0v) is 14.3. The second-order valence-corrected chi connectivity index (χ2v) is 4.59. The van der Waals surface area contributed by atoms with Gasteiger partial charge in [0, 0.05) is 5.56 Å². The first-order chi connectivity index (χ1) is 10.6. The van der Waals surface area contributed by atoms with E-state index >= 15 is 0 Å². The molecule has 0 heterocycles. The third-order valence-electron chi connectivity index (χ3n) is 3.09. The van der Waals surface area contributed by atoms with E-state index in [0.29, 0.717) is 5.56 Å². The third kappa shape index (κ3) is 7.72. The number of hydrogen-bond donors (Lipinski definition) is 0. The Morgan fingerprint density at radius 1 is 0.818 bits per heavy atom. The molecule has 0 fully saturated rings. The van der Waals surface area contributed by atoms with Crippen LogP contribution >= 0.6 is 0 Å². The maximum absolute atomic E-state index is 12.2. The number of hydrogen-bond acceptors (Lipinski definition) is 1. The Balaban J connectivity index is 0.000000360. The van der Waals surface area contributed by atoms with Gasteiger partial charge in [-0.3, -0.25) is 4.79 Å². The molecule has 120 valence electrons. The van der Waals surface area contributed by atoms with Crippen LogP contribution in [0.15, 0.2) is 48.5 Å². The number of ketones is 1. The highest BCUT2D eigenvalue weighted by Crippen LogP contribution is 2.04. The lowest BCUT2D eigenvalue weighted by atomic mass is 10.1. The molecule has 0 unspecified atom stereocenters. The number of benzene rings is 2. The fourth-order valence-electron chi connectivity index (χ4n) is 1.70. The van der Waals surface area contributed by atoms with E-state index in [0.717, 1.165) is 12.8 Å². The van der Waals surface area contributed by atoms with Crippen molar-refractivity contribution in [2.45, 2.75) is 47.5 Å². The van der Waals surface area contributed by atoms with E-state index in [1.54, 1.807) is 0 Å². The van der Waals surface area contributed by atoms with Gasteiger partial charge in [0.2, 0.25) is 0 Å². The van der Waals surface area contributed by atoms with E-state index in [9.17, 15) is 9.18 Å². The second-order valence-electron chi connectivity index (χ2n) is 4.59. The van der Waals surface area contributed by atoms with Crippen molar-refractivity contribution in [2.75, 3.05) is 0 Å². The van der Waals surface area contributed by atoms with Crippen LogP contribution in [0.25, 0.3) is 0 Å². The zero-order valence-electron chi connectivity index (χ0n) is 14.3. The van der Waals surface area contributed by atoms with Crippen LogP contribution in [0.3, 0.4) is 0 Å². The van der Waals surface area contributed by atoms with E-state index in [2.05, 4.69) is 38.1 Å². The van der Waals surface area contributed by atoms with Crippen molar-refractivity contribution in [3.8, 4) is 0 Å². The fraction of sp³-hybridized carbons (Fsp3) is 0.350. The van der Waals surface area contributed by atoms with E-state index in [-0.39, 0.29) is 11.6 Å². The molecular formula is C20H27FO. The van der Waals surface area contributed by atoms with Crippen LogP contribution in [0.1, 0.15) is 56.1 Å². The van der Waals surface area contributed by atoms with Gasteiger partial charge in [-0.2, -0.15) is 0 Å². The van der Waals surface area contributed by atoms with Gasteiger partial charge in [-0.05, 0) is 55.2 Å². The molecule has 0 saturated carbocycles. The smallest absolute Gasteiger partial charge is 0.159 e. The van der Waals surface area contributed by atoms with Crippen molar-refractivity contribution in [3.63, 3.8) is 0 Å². The Hall–Kier alpha value is -1.96. The molecule has 2 aromatic rings. The predicted molar refractivity (Wildman–Crippen MR) is 93.0 cm³/mol. The zero-order chi connectivity index (χ0) is 17.0. The van der Waals surface area contributed by atoms with Crippen molar-refractivity contribution in [2.24, 2.45) is 0 Å². The van der Waals surface area contributed by atoms with Crippen LogP contribution < -0.4 is 0 Å². The Morgan fingerprint density at radius 2 is 1.18 bits per heavy atom. The van der Waals surface area contributed by atoms with Crippen LogP contribution in [0.2, 0.25) is 0 Å². The van der Waals surface area contributed by atoms with Crippen LogP contribution in [0.5, 0.6) is 0 Å². The van der Waals surface area contributed by atoms with Gasteiger partial charge in [0.1, 0.15) is 5.82 Å². The van der Waals surface area contributed by atoms with E-state index < -0.39 is 0 Å². The van der Waals surface area contributed by atoms with Crippen LogP contribution in [0, 0.1) is 5.82 Å². The Kier molecular flexibility index (Phi) is 10.6. The van der Waals surface area contributed by atoms with E-state index in [4.69, 9.17) is 0 Å². The molecular weight excluding hydrogens is 275 g/mol. The van der Waals surface area contributed by atoms with Crippen molar-refractivity contribution < 1.29 is 9.18 Å². The average molecular weight is 302 g/mol. The maximum Gasteiger partial charge on any atom is 0.159 e. The minimum atomic E-state index is -0.315. The molecule has 0 N–H and O–H groups in total. The first kappa shape index (κ1) is 20.0. The fourth-order valence-corrected chi connectivity index (χ4v) is 1.70. The lowest BCUT2D eigenvalue weighted by Crippen LogP contribution is -1.90. The Bertz CT molecular complexity index is 504. The highest BCUT2D eigenvalue weighted by atomic mass is 19.1. The predicted octanol–water partition coefficient (Wildman–Crippen LogP) is 5.87. The lowest BCUT2D eigenvalue weighted by molar-refractivity contribution is 0.101. The largest absolute Gasteiger partial charge is 0.295 e. The van der Waals surface area contributed by atoms with Crippen LogP contribution in [0.4, 0.5) is 4.39 Å². The molecule has 0 atom stereocenters. The van der Waals surface area contributed by atoms with Crippen molar-refractivity contribution in [1.82, 2.24) is 0 Å². The first-order valence-electron chi connectivity index (χ1n) is 7.91. The number of halogens is 1. The van der Waals surface area contributed by atoms with Crippen molar-refractivity contribution in [3.05, 3.63) is 71.0 Å². The molecule has 0 aliphatic rings. The van der Waals surface area contributed by atoms with Gasteiger partial charge in [0.25, 0.3) is 0 Å². The SMILES string of the molecule is CC.CC(=O)c1ccc(F)cc1.CCc1ccc(CC)cc1. The van der Waals surface area contributed by atoms with Crippen molar-refractivity contribution >= 4 is 5.78 Å². The number of carbonyl (C=O) groups excluding carboxylic acids is 1. The van der Waals surface area contributed by atoms with Crippen LogP contribution in [-0.2, 0) is 12.8 Å². The Labute approximate surface area is 134 Å². The molecule has 2 heteroatoms. The number of aryl methyl sites for hydroxylation is 2. The molecule has 1 nitrogen and oxygen atoms in total. The molecule has 0 aliphatic heterocycles. The molecule has 0 amide bonds. The molecule has 0 radical (unpaired) electrons. The summed E-state index contributed by atoms with van der Waals surface area (Å²) in [6.07, 6.45) is 2.29. The summed E-state index contributed by atoms with van der Waals surface area (Å²) >= 11 is 0. The van der Waals surface area contributed by atoms with Gasteiger partial charge in [-0.25, -0.2) is 4.39 Å². The summed E-state index contributed by atoms with van der Waals surface area (Å²) in [5.41, 5.74) is 3.40. The topological polar surface area (TPSA) is 17.1 Å². The molecule has 2 rings (SSSR count). The summed E-state index contributed by atoms with van der Waals surface area (Å²) in [4.78, 5) is 10.6. The first-order valence-corrected chi connectivity index (χ1v) is 7.91. The van der Waals surface area contributed by atoms with Gasteiger partial charge in [-0.15, -0.1) is 0 Å². The molecule has 2 aromatic carbocycles. The van der Waals surface area contributed by atoms with E-state index in [1.165, 1.54) is 42.3 Å². The molecule has 22 heavy (non-hydrogen) atoms. The third-order valence-corrected chi connectivity index (χ3v) is 3.09. The van der Waals surface area contributed by atoms with Gasteiger partial charge in [-0.1, -0.05) is 52.0 Å². The summed E-state index contributed by atoms with van der Waals surface area (Å²) in [7, 11) is 0. The van der Waals surface area contributed by atoms with Crippen molar-refractivity contribution in [1.29, 1.82) is 0 Å². The minimum absolute atomic E-state index is 0.0417. The Morgan fingerprint density at radius 3 is 1.45 bits per heavy atom. The molecule has 0 aromatic heterocycles. The molecule has 0 spiro atoms. The maximum atomic E-state index is 12.2.